The molecule has 1 saturated heterocycles. The normalized spacial score (nSPS) is 20.1. The summed E-state index contributed by atoms with van der Waals surface area (Å²) in [6, 6.07) is 34.8. The van der Waals surface area contributed by atoms with Gasteiger partial charge >= 0.3 is 24.3 Å². The van der Waals surface area contributed by atoms with Crippen LogP contribution in [0.1, 0.15) is 148 Å². The third-order valence-corrected chi connectivity index (χ3v) is 19.7. The number of unbranched alkanes of at least 4 members (excludes halogenated alkanes) is 2. The Morgan fingerprint density at radius 1 is 0.589 bits per heavy atom. The number of hydrogen-bond donors (Lipinski definition) is 0. The molecule has 0 amide bonds. The molecule has 0 spiro atoms. The van der Waals surface area contributed by atoms with Crippen molar-refractivity contribution in [2.45, 2.75) is 127 Å². The first-order chi connectivity index (χ1) is 43.2. The zero-order valence-corrected chi connectivity index (χ0v) is 51.8. The van der Waals surface area contributed by atoms with E-state index in [1.165, 1.54) is 64.0 Å². The molecule has 7 aromatic rings. The van der Waals surface area contributed by atoms with Gasteiger partial charge in [0, 0.05) is 59.4 Å². The van der Waals surface area contributed by atoms with Crippen LogP contribution in [0.15, 0.2) is 127 Å². The van der Waals surface area contributed by atoms with E-state index in [1.807, 2.05) is 66.7 Å². The maximum Gasteiger partial charge on any atom is 0.416 e. The van der Waals surface area contributed by atoms with Crippen LogP contribution in [-0.4, -0.2) is 59.4 Å². The fraction of sp³-hybridized carbons (Fsp3) is 0.405. The standard InChI is InChI=1S/C74H76F6N2O8/c1-7-8-9-10-45-11-13-46(14-12-45)47-19-27-56(28-20-47)88-69(83)48-15-17-49(18-16-48)70(84)89-57-33-25-53(26-34-57)81-37-39-82(40-38-81)63-43-59-60(44-64(63)87-6)68-58(67-65(59)61-41-52(73(75,76)77)42-62(74(78,79)80)66(61)71(67,2)3)35-36-72(90-68,50-21-29-54(85-4)30-22-50)51-23-31-55(86-5)32-24-51/h19-36,41-46,48-49H,7-18,37-40H2,1-6H3/t45-,46-,48?,49?. The van der Waals surface area contributed by atoms with Crippen molar-refractivity contribution in [2.75, 3.05) is 57.3 Å². The molecule has 16 heteroatoms. The topological polar surface area (TPSA) is 96.0 Å². The maximum absolute atomic E-state index is 15.4. The highest BCUT2D eigenvalue weighted by molar-refractivity contribution is 6.10. The van der Waals surface area contributed by atoms with E-state index in [2.05, 4.69) is 28.9 Å². The Morgan fingerprint density at radius 2 is 1.13 bits per heavy atom. The highest BCUT2D eigenvalue weighted by atomic mass is 19.4. The summed E-state index contributed by atoms with van der Waals surface area (Å²) < 4.78 is 127. The van der Waals surface area contributed by atoms with Crippen LogP contribution in [-0.2, 0) is 33.0 Å². The number of hydrogen-bond acceptors (Lipinski definition) is 10. The van der Waals surface area contributed by atoms with Crippen LogP contribution >= 0.6 is 0 Å². The van der Waals surface area contributed by atoms with Crippen LogP contribution < -0.4 is 38.2 Å². The first-order valence-corrected chi connectivity index (χ1v) is 31.6. The monoisotopic (exact) mass is 1230 g/mol. The van der Waals surface area contributed by atoms with Crippen molar-refractivity contribution >= 4 is 40.2 Å². The van der Waals surface area contributed by atoms with Crippen LogP contribution in [0.25, 0.3) is 28.0 Å². The highest BCUT2D eigenvalue weighted by Gasteiger charge is 2.51. The Morgan fingerprint density at radius 3 is 1.66 bits per heavy atom. The molecule has 0 unspecified atom stereocenters. The number of nitrogens with zero attached hydrogens (tertiary/aromatic N) is 2. The molecule has 0 bridgehead atoms. The molecule has 0 aromatic heterocycles. The number of alkyl halides is 6. The number of rotatable bonds is 16. The van der Waals surface area contributed by atoms with Gasteiger partial charge in [0.1, 0.15) is 34.5 Å². The number of carbonyl (C=O) groups is 2. The summed E-state index contributed by atoms with van der Waals surface area (Å²) in [7, 11) is 4.65. The van der Waals surface area contributed by atoms with Gasteiger partial charge in [-0.1, -0.05) is 88.9 Å². The zero-order chi connectivity index (χ0) is 63.3. The molecule has 12 rings (SSSR count). The lowest BCUT2D eigenvalue weighted by Gasteiger charge is -2.39. The Hall–Kier alpha value is -8.14. The van der Waals surface area contributed by atoms with Gasteiger partial charge in [0.05, 0.1) is 50.0 Å². The molecule has 10 nitrogen and oxygen atoms in total. The van der Waals surface area contributed by atoms with Gasteiger partial charge < -0.3 is 38.2 Å². The molecule has 3 aliphatic carbocycles. The number of carbonyl (C=O) groups excluding carboxylic acids is 2. The van der Waals surface area contributed by atoms with E-state index in [9.17, 15) is 22.8 Å². The summed E-state index contributed by atoms with van der Waals surface area (Å²) in [5.74, 6) is 3.03. The molecule has 3 fully saturated rings. The molecule has 7 aromatic carbocycles. The third-order valence-electron chi connectivity index (χ3n) is 19.7. The van der Waals surface area contributed by atoms with Crippen molar-refractivity contribution in [2.24, 2.45) is 17.8 Å². The molecular weight excluding hydrogens is 1160 g/mol. The number of anilines is 2. The number of esters is 2. The summed E-state index contributed by atoms with van der Waals surface area (Å²) in [5.41, 5.74) is -0.705. The minimum absolute atomic E-state index is 0.156. The van der Waals surface area contributed by atoms with E-state index in [1.54, 1.807) is 70.5 Å². The molecule has 90 heavy (non-hydrogen) atoms. The summed E-state index contributed by atoms with van der Waals surface area (Å²) in [6.45, 7) is 7.48. The van der Waals surface area contributed by atoms with Gasteiger partial charge in [-0.3, -0.25) is 9.59 Å². The molecule has 0 N–H and O–H groups in total. The van der Waals surface area contributed by atoms with Crippen LogP contribution in [0.4, 0.5) is 37.7 Å². The Kier molecular flexibility index (Phi) is 17.2. The fourth-order valence-corrected chi connectivity index (χ4v) is 14.8. The smallest absolute Gasteiger partial charge is 0.416 e. The number of piperazine rings is 1. The summed E-state index contributed by atoms with van der Waals surface area (Å²) >= 11 is 0. The van der Waals surface area contributed by atoms with Crippen molar-refractivity contribution in [3.8, 4) is 45.6 Å². The Labute approximate surface area is 522 Å². The van der Waals surface area contributed by atoms with E-state index in [0.717, 1.165) is 17.7 Å². The molecule has 2 heterocycles. The third kappa shape index (κ3) is 12.0. The second-order valence-corrected chi connectivity index (χ2v) is 25.4. The van der Waals surface area contributed by atoms with Crippen molar-refractivity contribution in [1.82, 2.24) is 0 Å². The predicted molar refractivity (Wildman–Crippen MR) is 337 cm³/mol. The lowest BCUT2D eigenvalue weighted by molar-refractivity contribution is -0.145. The van der Waals surface area contributed by atoms with Gasteiger partial charge in [-0.2, -0.15) is 26.3 Å². The lowest BCUT2D eigenvalue weighted by atomic mass is 9.75. The fourth-order valence-electron chi connectivity index (χ4n) is 14.8. The van der Waals surface area contributed by atoms with Crippen molar-refractivity contribution in [1.29, 1.82) is 0 Å². The average molecular weight is 1240 g/mol. The molecule has 0 atom stereocenters. The molecule has 0 radical (unpaired) electrons. The van der Waals surface area contributed by atoms with Gasteiger partial charge in [-0.05, 0) is 187 Å². The zero-order valence-electron chi connectivity index (χ0n) is 51.8. The first-order valence-electron chi connectivity index (χ1n) is 31.6. The quantitative estimate of drug-likeness (QED) is 0.0403. The number of ether oxygens (including phenoxy) is 6. The van der Waals surface area contributed by atoms with Gasteiger partial charge in [-0.15, -0.1) is 0 Å². The highest BCUT2D eigenvalue weighted by Crippen LogP contribution is 2.62. The van der Waals surface area contributed by atoms with Crippen LogP contribution in [0.5, 0.6) is 34.5 Å². The largest absolute Gasteiger partial charge is 0.497 e. The van der Waals surface area contributed by atoms with E-state index in [-0.39, 0.29) is 46.5 Å². The Bertz CT molecular complexity index is 3750. The summed E-state index contributed by atoms with van der Waals surface area (Å²) in [4.78, 5) is 31.1. The molecule has 5 aliphatic rings. The SMILES string of the molecule is CCCCC[C@H]1CC[C@H](c2ccc(OC(=O)C3CCC(C(=O)Oc4ccc(N5CCN(c6cc7c8c(c9c(c7cc6OC)OC(c6ccc(OC)cc6)(c6ccc(OC)cc6)C=C9)C(C)(C)c6c-8cc(C(F)(F)F)cc6C(F)(F)F)CC5)cc4)CC3)cc2)CC1. The molecular formula is C74H76F6N2O8. The van der Waals surface area contributed by atoms with E-state index in [4.69, 9.17) is 28.4 Å². The lowest BCUT2D eigenvalue weighted by Crippen LogP contribution is -2.46. The van der Waals surface area contributed by atoms with E-state index >= 15 is 13.2 Å². The molecule has 472 valence electrons. The van der Waals surface area contributed by atoms with E-state index < -0.39 is 34.5 Å². The van der Waals surface area contributed by atoms with Gasteiger partial charge in [-0.25, -0.2) is 0 Å². The van der Waals surface area contributed by atoms with Crippen molar-refractivity contribution in [3.05, 3.63) is 172 Å². The van der Waals surface area contributed by atoms with Gasteiger partial charge in [0.15, 0.2) is 5.60 Å². The van der Waals surface area contributed by atoms with Crippen LogP contribution in [0.3, 0.4) is 0 Å². The first kappa shape index (κ1) is 62.1. The minimum atomic E-state index is -5.14. The predicted octanol–water partition coefficient (Wildman–Crippen LogP) is 18.1. The summed E-state index contributed by atoms with van der Waals surface area (Å²) in [5, 5.41) is 0.825. The second kappa shape index (κ2) is 24.9. The molecule has 2 aliphatic heterocycles. The van der Waals surface area contributed by atoms with Crippen molar-refractivity contribution < 1.29 is 64.4 Å². The van der Waals surface area contributed by atoms with E-state index in [0.29, 0.717) is 131 Å². The Balaban J connectivity index is 0.765. The second-order valence-electron chi connectivity index (χ2n) is 25.4. The van der Waals surface area contributed by atoms with Crippen LogP contribution in [0.2, 0.25) is 0 Å². The number of benzene rings is 7. The van der Waals surface area contributed by atoms with Crippen LogP contribution in [0, 0.1) is 17.8 Å². The van der Waals surface area contributed by atoms with Crippen molar-refractivity contribution in [3.63, 3.8) is 0 Å². The number of methoxy groups -OCH3 is 3. The summed E-state index contributed by atoms with van der Waals surface area (Å²) in [6.07, 6.45) is 5.73. The number of halogens is 6. The van der Waals surface area contributed by atoms with Gasteiger partial charge in [0.2, 0.25) is 0 Å². The van der Waals surface area contributed by atoms with Gasteiger partial charge in [0.25, 0.3) is 0 Å². The average Bonchev–Trinajstić information content (AvgIpc) is 1.46. The minimum Gasteiger partial charge on any atom is -0.497 e. The number of fused-ring (bicyclic) bond motifs is 8. The molecule has 2 saturated carbocycles. The maximum atomic E-state index is 15.4.